The molecule has 118 valence electrons. The van der Waals surface area contributed by atoms with Crippen LogP contribution in [0.3, 0.4) is 0 Å². The minimum absolute atomic E-state index is 0.0689. The van der Waals surface area contributed by atoms with Gasteiger partial charge in [-0.15, -0.1) is 12.3 Å². The Morgan fingerprint density at radius 1 is 1.00 bits per heavy atom. The molecule has 0 aliphatic heterocycles. The van der Waals surface area contributed by atoms with Crippen molar-refractivity contribution in [2.24, 2.45) is 0 Å². The van der Waals surface area contributed by atoms with Crippen molar-refractivity contribution in [3.63, 3.8) is 0 Å². The second-order valence-electron chi connectivity index (χ2n) is 5.42. The summed E-state index contributed by atoms with van der Waals surface area (Å²) in [5.41, 5.74) is 2.94. The van der Waals surface area contributed by atoms with E-state index < -0.39 is 0 Å². The van der Waals surface area contributed by atoms with Crippen molar-refractivity contribution in [1.82, 2.24) is 0 Å². The summed E-state index contributed by atoms with van der Waals surface area (Å²) >= 11 is 0. The average molecular weight is 306 g/mol. The van der Waals surface area contributed by atoms with Gasteiger partial charge in [-0.05, 0) is 36.6 Å². The minimum Gasteiger partial charge on any atom is -0.297 e. The van der Waals surface area contributed by atoms with E-state index in [1.165, 1.54) is 0 Å². The Kier molecular flexibility index (Phi) is 5.82. The third-order valence-corrected chi connectivity index (χ3v) is 3.84. The highest BCUT2D eigenvalue weighted by Crippen LogP contribution is 2.23. The van der Waals surface area contributed by atoms with E-state index >= 15 is 0 Å². The van der Waals surface area contributed by atoms with Crippen LogP contribution >= 0.6 is 0 Å². The van der Waals surface area contributed by atoms with Gasteiger partial charge in [0.1, 0.15) is 0 Å². The molecule has 0 aliphatic rings. The van der Waals surface area contributed by atoms with E-state index in [-0.39, 0.29) is 6.03 Å². The summed E-state index contributed by atoms with van der Waals surface area (Å²) in [5, 5.41) is 0. The molecule has 0 bridgehead atoms. The van der Waals surface area contributed by atoms with Gasteiger partial charge < -0.3 is 0 Å². The molecule has 0 radical (unpaired) electrons. The SMILES string of the molecule is C#CCCCc1ccccc1N(C)C(=O)N(C)c1ccccc1. The molecule has 0 heterocycles. The van der Waals surface area contributed by atoms with Crippen LogP contribution in [-0.2, 0) is 6.42 Å². The maximum absolute atomic E-state index is 12.7. The number of hydrogen-bond donors (Lipinski definition) is 0. The largest absolute Gasteiger partial charge is 0.328 e. The van der Waals surface area contributed by atoms with Gasteiger partial charge in [0.25, 0.3) is 0 Å². The lowest BCUT2D eigenvalue weighted by atomic mass is 10.1. The van der Waals surface area contributed by atoms with Crippen LogP contribution in [0.25, 0.3) is 0 Å². The molecule has 0 unspecified atom stereocenters. The second kappa shape index (κ2) is 8.05. The molecule has 0 aliphatic carbocycles. The maximum atomic E-state index is 12.7. The van der Waals surface area contributed by atoms with E-state index in [1.807, 2.05) is 55.6 Å². The Hall–Kier alpha value is -2.73. The highest BCUT2D eigenvalue weighted by Gasteiger charge is 2.18. The number of hydrogen-bond acceptors (Lipinski definition) is 1. The lowest BCUT2D eigenvalue weighted by Crippen LogP contribution is -2.39. The van der Waals surface area contributed by atoms with E-state index in [1.54, 1.807) is 16.8 Å². The lowest BCUT2D eigenvalue weighted by molar-refractivity contribution is 0.253. The second-order valence-corrected chi connectivity index (χ2v) is 5.42. The lowest BCUT2D eigenvalue weighted by Gasteiger charge is -2.26. The molecule has 2 aromatic carbocycles. The molecule has 0 saturated carbocycles. The molecular formula is C20H22N2O. The van der Waals surface area contributed by atoms with Crippen LogP contribution in [0.4, 0.5) is 16.2 Å². The van der Waals surface area contributed by atoms with Gasteiger partial charge >= 0.3 is 6.03 Å². The first-order valence-electron chi connectivity index (χ1n) is 7.73. The normalized spacial score (nSPS) is 9.96. The van der Waals surface area contributed by atoms with Crippen molar-refractivity contribution in [2.45, 2.75) is 19.3 Å². The highest BCUT2D eigenvalue weighted by atomic mass is 16.2. The van der Waals surface area contributed by atoms with Crippen molar-refractivity contribution in [1.29, 1.82) is 0 Å². The summed E-state index contributed by atoms with van der Waals surface area (Å²) < 4.78 is 0. The Balaban J connectivity index is 2.18. The Bertz CT molecular complexity index is 688. The molecule has 23 heavy (non-hydrogen) atoms. The van der Waals surface area contributed by atoms with Gasteiger partial charge in [-0.1, -0.05) is 36.4 Å². The molecule has 2 rings (SSSR count). The topological polar surface area (TPSA) is 23.6 Å². The number of nitrogens with zero attached hydrogens (tertiary/aromatic N) is 2. The number of carbonyl (C=O) groups is 1. The third-order valence-electron chi connectivity index (χ3n) is 3.84. The van der Waals surface area contributed by atoms with Crippen LogP contribution < -0.4 is 9.80 Å². The smallest absolute Gasteiger partial charge is 0.297 e. The molecule has 0 atom stereocenters. The Morgan fingerprint density at radius 2 is 1.65 bits per heavy atom. The number of amides is 2. The fraction of sp³-hybridized carbons (Fsp3) is 0.250. The quantitative estimate of drug-likeness (QED) is 0.595. The van der Waals surface area contributed by atoms with Gasteiger partial charge in [0.05, 0.1) is 0 Å². The summed E-state index contributed by atoms with van der Waals surface area (Å²) in [6, 6.07) is 17.5. The van der Waals surface area contributed by atoms with Crippen molar-refractivity contribution in [3.8, 4) is 12.3 Å². The predicted octanol–water partition coefficient (Wildman–Crippen LogP) is 4.34. The van der Waals surface area contributed by atoms with Gasteiger partial charge in [-0.3, -0.25) is 9.80 Å². The number of unbranched alkanes of at least 4 members (excludes halogenated alkanes) is 1. The maximum Gasteiger partial charge on any atom is 0.328 e. The predicted molar refractivity (Wildman–Crippen MR) is 96.9 cm³/mol. The van der Waals surface area contributed by atoms with E-state index in [2.05, 4.69) is 12.0 Å². The first-order valence-corrected chi connectivity index (χ1v) is 7.73. The summed E-state index contributed by atoms with van der Waals surface area (Å²) in [5.74, 6) is 2.66. The molecule has 0 N–H and O–H groups in total. The molecule has 0 saturated heterocycles. The van der Waals surface area contributed by atoms with Crippen molar-refractivity contribution >= 4 is 17.4 Å². The number of urea groups is 1. The Labute approximate surface area is 138 Å². The van der Waals surface area contributed by atoms with Crippen molar-refractivity contribution in [2.75, 3.05) is 23.9 Å². The number of para-hydroxylation sites is 2. The number of benzene rings is 2. The van der Waals surface area contributed by atoms with Crippen LogP contribution in [0.2, 0.25) is 0 Å². The minimum atomic E-state index is -0.0689. The van der Waals surface area contributed by atoms with E-state index in [0.29, 0.717) is 0 Å². The molecule has 2 amide bonds. The number of rotatable bonds is 5. The summed E-state index contributed by atoms with van der Waals surface area (Å²) in [6.45, 7) is 0. The van der Waals surface area contributed by atoms with Gasteiger partial charge in [-0.25, -0.2) is 4.79 Å². The van der Waals surface area contributed by atoms with Gasteiger partial charge in [0, 0.05) is 31.9 Å². The van der Waals surface area contributed by atoms with Crippen LogP contribution in [0.5, 0.6) is 0 Å². The standard InChI is InChI=1S/C20H22N2O/c1-4-5-7-12-17-13-10-11-16-19(17)22(3)20(23)21(2)18-14-8-6-9-15-18/h1,6,8-11,13-16H,5,7,12H2,2-3H3. The van der Waals surface area contributed by atoms with Crippen molar-refractivity contribution in [3.05, 3.63) is 60.2 Å². The first-order chi connectivity index (χ1) is 11.1. The summed E-state index contributed by atoms with van der Waals surface area (Å²) in [6.07, 6.45) is 7.86. The van der Waals surface area contributed by atoms with Gasteiger partial charge in [0.2, 0.25) is 0 Å². The fourth-order valence-electron chi connectivity index (χ4n) is 2.52. The molecule has 0 fully saturated rings. The molecular weight excluding hydrogens is 284 g/mol. The molecule has 3 heteroatoms. The zero-order valence-corrected chi connectivity index (χ0v) is 13.7. The zero-order chi connectivity index (χ0) is 16.7. The molecule has 0 spiro atoms. The number of anilines is 2. The fourth-order valence-corrected chi connectivity index (χ4v) is 2.52. The highest BCUT2D eigenvalue weighted by molar-refractivity contribution is 6.03. The van der Waals surface area contributed by atoms with Crippen molar-refractivity contribution < 1.29 is 4.79 Å². The van der Waals surface area contributed by atoms with Crippen LogP contribution in [0.15, 0.2) is 54.6 Å². The molecule has 3 nitrogen and oxygen atoms in total. The molecule has 2 aromatic rings. The van der Waals surface area contributed by atoms with Gasteiger partial charge in [0.15, 0.2) is 0 Å². The number of carbonyl (C=O) groups excluding carboxylic acids is 1. The first kappa shape index (κ1) is 16.6. The van der Waals surface area contributed by atoms with E-state index in [0.717, 1.165) is 36.2 Å². The zero-order valence-electron chi connectivity index (χ0n) is 13.7. The van der Waals surface area contributed by atoms with Crippen LogP contribution in [-0.4, -0.2) is 20.1 Å². The van der Waals surface area contributed by atoms with E-state index in [9.17, 15) is 4.79 Å². The monoisotopic (exact) mass is 306 g/mol. The van der Waals surface area contributed by atoms with Crippen LogP contribution in [0, 0.1) is 12.3 Å². The number of terminal acetylenes is 1. The average Bonchev–Trinajstić information content (AvgIpc) is 2.61. The number of aryl methyl sites for hydroxylation is 1. The Morgan fingerprint density at radius 3 is 2.35 bits per heavy atom. The third kappa shape index (κ3) is 4.14. The van der Waals surface area contributed by atoms with E-state index in [4.69, 9.17) is 6.42 Å². The van der Waals surface area contributed by atoms with Gasteiger partial charge in [-0.2, -0.15) is 0 Å². The summed E-state index contributed by atoms with van der Waals surface area (Å²) in [4.78, 5) is 16.1. The summed E-state index contributed by atoms with van der Waals surface area (Å²) in [7, 11) is 3.59. The molecule has 0 aromatic heterocycles. The van der Waals surface area contributed by atoms with Crippen LogP contribution in [0.1, 0.15) is 18.4 Å².